The van der Waals surface area contributed by atoms with Crippen LogP contribution < -0.4 is 4.72 Å². The zero-order chi connectivity index (χ0) is 14.8. The first-order valence-corrected chi connectivity index (χ1v) is 7.55. The Morgan fingerprint density at radius 3 is 2.85 bits per heavy atom. The number of aryl methyl sites for hydroxylation is 2. The van der Waals surface area contributed by atoms with Crippen molar-refractivity contribution in [2.45, 2.75) is 25.0 Å². The maximum Gasteiger partial charge on any atom is 0.260 e. The van der Waals surface area contributed by atoms with E-state index in [9.17, 15) is 13.5 Å². The van der Waals surface area contributed by atoms with Crippen LogP contribution in [0, 0.1) is 6.92 Å². The average molecular weight is 299 g/mol. The first-order chi connectivity index (χ1) is 9.44. The van der Waals surface area contributed by atoms with Crippen molar-refractivity contribution in [3.05, 3.63) is 29.2 Å². The minimum Gasteiger partial charge on any atom is -0.392 e. The largest absolute Gasteiger partial charge is 0.392 e. The van der Waals surface area contributed by atoms with Crippen molar-refractivity contribution in [2.75, 3.05) is 6.54 Å². The Bertz CT molecular complexity index is 689. The van der Waals surface area contributed by atoms with E-state index in [-0.39, 0.29) is 23.7 Å². The van der Waals surface area contributed by atoms with Gasteiger partial charge in [-0.3, -0.25) is 9.78 Å². The molecule has 0 aliphatic heterocycles. The molecule has 0 aliphatic rings. The van der Waals surface area contributed by atoms with Gasteiger partial charge in [0.15, 0.2) is 5.03 Å². The van der Waals surface area contributed by atoms with E-state index < -0.39 is 10.0 Å². The number of aromatic amines is 1. The molecular formula is C11H17N5O3S. The van der Waals surface area contributed by atoms with Crippen molar-refractivity contribution in [1.29, 1.82) is 0 Å². The van der Waals surface area contributed by atoms with E-state index in [4.69, 9.17) is 0 Å². The number of nitrogens with one attached hydrogen (secondary N) is 2. The van der Waals surface area contributed by atoms with Gasteiger partial charge in [0.1, 0.15) is 0 Å². The van der Waals surface area contributed by atoms with Gasteiger partial charge in [-0.15, -0.1) is 0 Å². The molecule has 2 aromatic rings. The van der Waals surface area contributed by atoms with Gasteiger partial charge in [-0.1, -0.05) is 0 Å². The number of hydrogen-bond donors (Lipinski definition) is 3. The topological polar surface area (TPSA) is 113 Å². The van der Waals surface area contributed by atoms with E-state index >= 15 is 0 Å². The highest BCUT2D eigenvalue weighted by atomic mass is 32.2. The van der Waals surface area contributed by atoms with Gasteiger partial charge < -0.3 is 5.11 Å². The fraction of sp³-hybridized carbons (Fsp3) is 0.455. The molecule has 0 saturated heterocycles. The number of aromatic nitrogens is 4. The second-order valence-electron chi connectivity index (χ2n) is 4.42. The van der Waals surface area contributed by atoms with Crippen molar-refractivity contribution in [3.8, 4) is 0 Å². The molecule has 0 bridgehead atoms. The van der Waals surface area contributed by atoms with Gasteiger partial charge in [0.25, 0.3) is 10.0 Å². The van der Waals surface area contributed by atoms with Crippen molar-refractivity contribution >= 4 is 10.0 Å². The quantitative estimate of drug-likeness (QED) is 0.663. The summed E-state index contributed by atoms with van der Waals surface area (Å²) in [4.78, 5) is 0. The molecule has 0 saturated carbocycles. The van der Waals surface area contributed by atoms with Crippen LogP contribution in [-0.4, -0.2) is 40.0 Å². The molecule has 0 aromatic carbocycles. The maximum absolute atomic E-state index is 12.1. The molecule has 0 unspecified atom stereocenters. The minimum atomic E-state index is -3.73. The average Bonchev–Trinajstić information content (AvgIpc) is 2.95. The van der Waals surface area contributed by atoms with Gasteiger partial charge in [0.05, 0.1) is 12.3 Å². The van der Waals surface area contributed by atoms with Crippen LogP contribution in [0.2, 0.25) is 0 Å². The number of H-pyrrole nitrogens is 1. The molecule has 0 atom stereocenters. The highest BCUT2D eigenvalue weighted by Gasteiger charge is 2.22. The Kier molecular flexibility index (Phi) is 4.21. The zero-order valence-electron chi connectivity index (χ0n) is 11.3. The molecule has 0 fully saturated rings. The molecule has 0 spiro atoms. The Balaban J connectivity index is 2.04. The molecule has 2 aromatic heterocycles. The predicted molar refractivity (Wildman–Crippen MR) is 71.3 cm³/mol. The normalized spacial score (nSPS) is 11.9. The zero-order valence-corrected chi connectivity index (χ0v) is 12.1. The first-order valence-electron chi connectivity index (χ1n) is 6.07. The Morgan fingerprint density at radius 2 is 2.25 bits per heavy atom. The lowest BCUT2D eigenvalue weighted by Crippen LogP contribution is -2.27. The molecule has 0 amide bonds. The molecule has 0 radical (unpaired) electrons. The Hall–Kier alpha value is -1.71. The summed E-state index contributed by atoms with van der Waals surface area (Å²) < 4.78 is 28.3. The second kappa shape index (κ2) is 5.73. The second-order valence-corrected chi connectivity index (χ2v) is 6.10. The minimum absolute atomic E-state index is 0.154. The van der Waals surface area contributed by atoms with Crippen LogP contribution in [0.15, 0.2) is 17.3 Å². The highest BCUT2D eigenvalue weighted by molar-refractivity contribution is 7.89. The van der Waals surface area contributed by atoms with Crippen molar-refractivity contribution < 1.29 is 13.5 Å². The molecule has 2 rings (SSSR count). The number of aliphatic hydroxyl groups is 1. The number of sulfonamides is 1. The summed E-state index contributed by atoms with van der Waals surface area (Å²) in [6.07, 6.45) is 2.28. The summed E-state index contributed by atoms with van der Waals surface area (Å²) >= 11 is 0. The third-order valence-electron chi connectivity index (χ3n) is 2.89. The number of nitrogens with zero attached hydrogens (tertiary/aromatic N) is 3. The van der Waals surface area contributed by atoms with Crippen molar-refractivity contribution in [3.63, 3.8) is 0 Å². The van der Waals surface area contributed by atoms with E-state index in [1.165, 1.54) is 0 Å². The third kappa shape index (κ3) is 3.06. The fourth-order valence-corrected chi connectivity index (χ4v) is 3.03. The summed E-state index contributed by atoms with van der Waals surface area (Å²) in [6, 6.07) is 1.83. The van der Waals surface area contributed by atoms with Crippen LogP contribution in [-0.2, 0) is 30.1 Å². The lowest BCUT2D eigenvalue weighted by atomic mass is 10.3. The van der Waals surface area contributed by atoms with E-state index in [0.717, 1.165) is 5.69 Å². The molecular weight excluding hydrogens is 282 g/mol. The van der Waals surface area contributed by atoms with Crippen LogP contribution in [0.25, 0.3) is 0 Å². The highest BCUT2D eigenvalue weighted by Crippen LogP contribution is 2.15. The SMILES string of the molecule is Cc1[nH]nc(S(=O)(=O)NCCc2ccn(C)n2)c1CO. The summed E-state index contributed by atoms with van der Waals surface area (Å²) in [5.41, 5.74) is 1.63. The van der Waals surface area contributed by atoms with E-state index in [1.54, 1.807) is 24.9 Å². The summed E-state index contributed by atoms with van der Waals surface area (Å²) in [5.74, 6) is 0. The molecule has 110 valence electrons. The molecule has 0 aliphatic carbocycles. The van der Waals surface area contributed by atoms with Gasteiger partial charge >= 0.3 is 0 Å². The van der Waals surface area contributed by atoms with Gasteiger partial charge in [-0.05, 0) is 13.0 Å². The third-order valence-corrected chi connectivity index (χ3v) is 4.32. The molecule has 2 heterocycles. The lowest BCUT2D eigenvalue weighted by molar-refractivity contribution is 0.277. The first kappa shape index (κ1) is 14.7. The predicted octanol–water partition coefficient (Wildman–Crippen LogP) is -0.535. The number of rotatable bonds is 6. The van der Waals surface area contributed by atoms with Gasteiger partial charge in [-0.2, -0.15) is 10.2 Å². The summed E-state index contributed by atoms with van der Waals surface area (Å²) in [7, 11) is -1.93. The molecule has 9 heteroatoms. The van der Waals surface area contributed by atoms with Crippen molar-refractivity contribution in [1.82, 2.24) is 24.7 Å². The van der Waals surface area contributed by atoms with Crippen LogP contribution in [0.4, 0.5) is 0 Å². The van der Waals surface area contributed by atoms with Crippen LogP contribution in [0.5, 0.6) is 0 Å². The summed E-state index contributed by atoms with van der Waals surface area (Å²) in [5, 5.41) is 19.5. The van der Waals surface area contributed by atoms with E-state index in [2.05, 4.69) is 20.0 Å². The molecule has 20 heavy (non-hydrogen) atoms. The molecule has 3 N–H and O–H groups in total. The van der Waals surface area contributed by atoms with Gasteiger partial charge in [0, 0.05) is 37.5 Å². The number of hydrogen-bond acceptors (Lipinski definition) is 5. The van der Waals surface area contributed by atoms with E-state index in [0.29, 0.717) is 12.1 Å². The Labute approximate surface area is 116 Å². The Morgan fingerprint density at radius 1 is 1.50 bits per heavy atom. The lowest BCUT2D eigenvalue weighted by Gasteiger charge is -2.05. The monoisotopic (exact) mass is 299 g/mol. The van der Waals surface area contributed by atoms with Crippen LogP contribution >= 0.6 is 0 Å². The molecule has 8 nitrogen and oxygen atoms in total. The van der Waals surface area contributed by atoms with E-state index in [1.807, 2.05) is 6.07 Å². The van der Waals surface area contributed by atoms with Crippen molar-refractivity contribution in [2.24, 2.45) is 7.05 Å². The maximum atomic E-state index is 12.1. The van der Waals surface area contributed by atoms with Crippen LogP contribution in [0.1, 0.15) is 17.0 Å². The standard InChI is InChI=1S/C11H17N5O3S/c1-8-10(7-17)11(14-13-8)20(18,19)12-5-3-9-4-6-16(2)15-9/h4,6,12,17H,3,5,7H2,1-2H3,(H,13,14). The van der Waals surface area contributed by atoms with Crippen LogP contribution in [0.3, 0.4) is 0 Å². The fourth-order valence-electron chi connectivity index (χ4n) is 1.82. The van der Waals surface area contributed by atoms with Gasteiger partial charge in [0.2, 0.25) is 0 Å². The van der Waals surface area contributed by atoms with Gasteiger partial charge in [-0.25, -0.2) is 13.1 Å². The summed E-state index contributed by atoms with van der Waals surface area (Å²) in [6.45, 7) is 1.50. The number of aliphatic hydroxyl groups excluding tert-OH is 1. The smallest absolute Gasteiger partial charge is 0.260 e.